The van der Waals surface area contributed by atoms with Gasteiger partial charge >= 0.3 is 0 Å². The normalized spacial score (nSPS) is 15.5. The van der Waals surface area contributed by atoms with Gasteiger partial charge in [-0.2, -0.15) is 0 Å². The van der Waals surface area contributed by atoms with E-state index >= 15 is 0 Å². The summed E-state index contributed by atoms with van der Waals surface area (Å²) in [6.45, 7) is 0. The molecular formula is C10H11N3OS. The number of nitrogens with zero attached hydrogens (tertiary/aromatic N) is 1. The Morgan fingerprint density at radius 2 is 2.13 bits per heavy atom. The molecule has 0 amide bonds. The van der Waals surface area contributed by atoms with Crippen LogP contribution in [0.2, 0.25) is 0 Å². The van der Waals surface area contributed by atoms with Crippen LogP contribution in [-0.2, 0) is 12.8 Å². The largest absolute Gasteiger partial charge is 0.369 e. The molecule has 1 aliphatic rings. The van der Waals surface area contributed by atoms with E-state index in [0.717, 1.165) is 23.1 Å². The van der Waals surface area contributed by atoms with Crippen molar-refractivity contribution in [3.05, 3.63) is 20.8 Å². The topological polar surface area (TPSA) is 71.8 Å². The molecule has 2 aromatic heterocycles. The standard InChI is InChI=1S/C10H11N3OS/c11-10-12-7-5-3-1-2-4-6(5)15-8(7)9(14)13-10/h1-4H2,(H3,11,12,13,14). The lowest BCUT2D eigenvalue weighted by Crippen LogP contribution is -2.10. The number of H-pyrrole nitrogens is 1. The number of fused-ring (bicyclic) bond motifs is 3. The van der Waals surface area contributed by atoms with Crippen molar-refractivity contribution >= 4 is 27.5 Å². The first-order valence-electron chi connectivity index (χ1n) is 5.06. The molecule has 78 valence electrons. The van der Waals surface area contributed by atoms with Crippen LogP contribution in [0.4, 0.5) is 5.95 Å². The summed E-state index contributed by atoms with van der Waals surface area (Å²) >= 11 is 1.57. The second kappa shape index (κ2) is 3.06. The lowest BCUT2D eigenvalue weighted by Gasteiger charge is -2.09. The van der Waals surface area contributed by atoms with E-state index in [0.29, 0.717) is 0 Å². The number of nitrogen functional groups attached to an aromatic ring is 1. The van der Waals surface area contributed by atoms with Gasteiger partial charge < -0.3 is 5.73 Å². The maximum Gasteiger partial charge on any atom is 0.270 e. The van der Waals surface area contributed by atoms with E-state index in [1.807, 2.05) is 0 Å². The number of nitrogens with two attached hydrogens (primary N) is 1. The maximum absolute atomic E-state index is 11.7. The Bertz CT molecular complexity index is 584. The summed E-state index contributed by atoms with van der Waals surface area (Å²) in [6, 6.07) is 0. The van der Waals surface area contributed by atoms with Crippen molar-refractivity contribution in [2.45, 2.75) is 25.7 Å². The number of thiophene rings is 1. The highest BCUT2D eigenvalue weighted by molar-refractivity contribution is 7.19. The molecule has 3 N–H and O–H groups in total. The molecule has 2 heterocycles. The molecule has 0 bridgehead atoms. The summed E-state index contributed by atoms with van der Waals surface area (Å²) in [7, 11) is 0. The third kappa shape index (κ3) is 1.26. The van der Waals surface area contributed by atoms with Crippen LogP contribution in [0.15, 0.2) is 4.79 Å². The Balaban J connectivity index is 2.42. The van der Waals surface area contributed by atoms with Gasteiger partial charge in [-0.3, -0.25) is 9.78 Å². The van der Waals surface area contributed by atoms with Gasteiger partial charge in [-0.25, -0.2) is 4.98 Å². The second-order valence-corrected chi connectivity index (χ2v) is 4.94. The lowest BCUT2D eigenvalue weighted by molar-refractivity contribution is 0.699. The third-order valence-electron chi connectivity index (χ3n) is 2.82. The first kappa shape index (κ1) is 8.91. The Kier molecular flexibility index (Phi) is 1.82. The molecule has 5 heteroatoms. The molecule has 2 aromatic rings. The zero-order valence-electron chi connectivity index (χ0n) is 8.17. The van der Waals surface area contributed by atoms with Crippen LogP contribution in [0.5, 0.6) is 0 Å². The predicted molar refractivity (Wildman–Crippen MR) is 61.3 cm³/mol. The van der Waals surface area contributed by atoms with Crippen molar-refractivity contribution in [1.29, 1.82) is 0 Å². The van der Waals surface area contributed by atoms with Gasteiger partial charge in [0.15, 0.2) is 0 Å². The minimum Gasteiger partial charge on any atom is -0.369 e. The average molecular weight is 221 g/mol. The highest BCUT2D eigenvalue weighted by Gasteiger charge is 2.18. The van der Waals surface area contributed by atoms with Gasteiger partial charge in [-0.1, -0.05) is 0 Å². The van der Waals surface area contributed by atoms with Gasteiger partial charge in [-0.05, 0) is 31.2 Å². The molecular weight excluding hydrogens is 210 g/mol. The van der Waals surface area contributed by atoms with Crippen LogP contribution in [0, 0.1) is 0 Å². The number of anilines is 1. The van der Waals surface area contributed by atoms with E-state index in [4.69, 9.17) is 5.73 Å². The number of hydrogen-bond acceptors (Lipinski definition) is 4. The van der Waals surface area contributed by atoms with Crippen molar-refractivity contribution in [1.82, 2.24) is 9.97 Å². The Hall–Kier alpha value is -1.36. The van der Waals surface area contributed by atoms with E-state index in [2.05, 4.69) is 9.97 Å². The summed E-state index contributed by atoms with van der Waals surface area (Å²) < 4.78 is 0.733. The Morgan fingerprint density at radius 1 is 1.33 bits per heavy atom. The van der Waals surface area contributed by atoms with E-state index in [-0.39, 0.29) is 11.5 Å². The summed E-state index contributed by atoms with van der Waals surface area (Å²) in [5.41, 5.74) is 7.53. The monoisotopic (exact) mass is 221 g/mol. The van der Waals surface area contributed by atoms with Gasteiger partial charge in [0.05, 0.1) is 5.52 Å². The first-order chi connectivity index (χ1) is 7.25. The van der Waals surface area contributed by atoms with Gasteiger partial charge in [0, 0.05) is 4.88 Å². The molecule has 15 heavy (non-hydrogen) atoms. The Labute approximate surface area is 90.1 Å². The van der Waals surface area contributed by atoms with Gasteiger partial charge in [0.25, 0.3) is 5.56 Å². The number of nitrogens with one attached hydrogen (secondary N) is 1. The van der Waals surface area contributed by atoms with E-state index in [1.165, 1.54) is 23.3 Å². The highest BCUT2D eigenvalue weighted by atomic mass is 32.1. The molecule has 0 radical (unpaired) electrons. The first-order valence-corrected chi connectivity index (χ1v) is 5.87. The Morgan fingerprint density at radius 3 is 3.00 bits per heavy atom. The van der Waals surface area contributed by atoms with Crippen molar-refractivity contribution < 1.29 is 0 Å². The molecule has 0 saturated heterocycles. The van der Waals surface area contributed by atoms with Crippen LogP contribution in [-0.4, -0.2) is 9.97 Å². The lowest BCUT2D eigenvalue weighted by atomic mass is 9.98. The summed E-state index contributed by atoms with van der Waals surface area (Å²) in [6.07, 6.45) is 4.52. The van der Waals surface area contributed by atoms with Crippen LogP contribution < -0.4 is 11.3 Å². The number of aryl methyl sites for hydroxylation is 2. The third-order valence-corrected chi connectivity index (χ3v) is 4.10. The van der Waals surface area contributed by atoms with Crippen molar-refractivity contribution in [2.24, 2.45) is 0 Å². The maximum atomic E-state index is 11.7. The van der Waals surface area contributed by atoms with E-state index in [1.54, 1.807) is 11.3 Å². The SMILES string of the molecule is Nc1nc2c3c(sc2c(=O)[nH]1)CCCC3. The second-order valence-electron chi connectivity index (χ2n) is 3.84. The fourth-order valence-corrected chi connectivity index (χ4v) is 3.37. The summed E-state index contributed by atoms with van der Waals surface area (Å²) in [5, 5.41) is 0. The molecule has 0 aromatic carbocycles. The van der Waals surface area contributed by atoms with Crippen molar-refractivity contribution in [3.8, 4) is 0 Å². The van der Waals surface area contributed by atoms with Gasteiger partial charge in [0.1, 0.15) is 4.70 Å². The van der Waals surface area contributed by atoms with E-state index < -0.39 is 0 Å². The van der Waals surface area contributed by atoms with Crippen molar-refractivity contribution in [3.63, 3.8) is 0 Å². The molecule has 0 aliphatic heterocycles. The zero-order valence-corrected chi connectivity index (χ0v) is 8.99. The summed E-state index contributed by atoms with van der Waals surface area (Å²) in [5.74, 6) is 0.221. The van der Waals surface area contributed by atoms with Crippen molar-refractivity contribution in [2.75, 3.05) is 5.73 Å². The molecule has 0 atom stereocenters. The van der Waals surface area contributed by atoms with Gasteiger partial charge in [-0.15, -0.1) is 11.3 Å². The molecule has 0 spiro atoms. The van der Waals surface area contributed by atoms with Gasteiger partial charge in [0.2, 0.25) is 5.95 Å². The minimum atomic E-state index is -0.100. The minimum absolute atomic E-state index is 0.100. The number of rotatable bonds is 0. The zero-order chi connectivity index (χ0) is 10.4. The molecule has 3 rings (SSSR count). The molecule has 0 unspecified atom stereocenters. The van der Waals surface area contributed by atoms with E-state index in [9.17, 15) is 4.79 Å². The van der Waals surface area contributed by atoms with Crippen LogP contribution in [0.1, 0.15) is 23.3 Å². The van der Waals surface area contributed by atoms with Crippen LogP contribution in [0.3, 0.4) is 0 Å². The molecule has 1 aliphatic carbocycles. The molecule has 4 nitrogen and oxygen atoms in total. The number of aromatic amines is 1. The van der Waals surface area contributed by atoms with Crippen LogP contribution >= 0.6 is 11.3 Å². The summed E-state index contributed by atoms with van der Waals surface area (Å²) in [4.78, 5) is 19.8. The fourth-order valence-electron chi connectivity index (χ4n) is 2.14. The number of aromatic nitrogens is 2. The molecule has 0 fully saturated rings. The fraction of sp³-hybridized carbons (Fsp3) is 0.400. The highest BCUT2D eigenvalue weighted by Crippen LogP contribution is 2.33. The average Bonchev–Trinajstić information content (AvgIpc) is 2.57. The molecule has 0 saturated carbocycles. The van der Waals surface area contributed by atoms with Crippen LogP contribution in [0.25, 0.3) is 10.2 Å². The smallest absolute Gasteiger partial charge is 0.270 e. The quantitative estimate of drug-likeness (QED) is 0.707. The number of hydrogen-bond donors (Lipinski definition) is 2. The predicted octanol–water partition coefficient (Wildman–Crippen LogP) is 1.45.